The van der Waals surface area contributed by atoms with Gasteiger partial charge in [0.1, 0.15) is 0 Å². The molecular formula is C12H15NO2. The van der Waals surface area contributed by atoms with Crippen molar-refractivity contribution in [2.24, 2.45) is 0 Å². The number of aliphatic carboxylic acids is 1. The Morgan fingerprint density at radius 1 is 1.47 bits per heavy atom. The molecule has 80 valence electrons. The van der Waals surface area contributed by atoms with Crippen LogP contribution in [0.5, 0.6) is 0 Å². The molecule has 0 atom stereocenters. The van der Waals surface area contributed by atoms with Crippen LogP contribution in [0.1, 0.15) is 24.0 Å². The number of aryl methyl sites for hydroxylation is 1. The molecule has 3 nitrogen and oxygen atoms in total. The summed E-state index contributed by atoms with van der Waals surface area (Å²) in [5.41, 5.74) is 3.86. The Morgan fingerprint density at radius 2 is 2.33 bits per heavy atom. The SMILES string of the molecule is O=C(O)CCCc1cccc2c1NCC2. The number of anilines is 1. The molecule has 0 aliphatic carbocycles. The van der Waals surface area contributed by atoms with Crippen LogP contribution in [-0.4, -0.2) is 17.6 Å². The molecule has 1 heterocycles. The molecule has 0 bridgehead atoms. The minimum atomic E-state index is -0.712. The molecule has 3 heteroatoms. The number of fused-ring (bicyclic) bond motifs is 1. The first-order valence-electron chi connectivity index (χ1n) is 5.34. The van der Waals surface area contributed by atoms with Crippen molar-refractivity contribution in [2.45, 2.75) is 25.7 Å². The van der Waals surface area contributed by atoms with Crippen molar-refractivity contribution in [2.75, 3.05) is 11.9 Å². The number of hydrogen-bond donors (Lipinski definition) is 2. The van der Waals surface area contributed by atoms with Gasteiger partial charge in [0.25, 0.3) is 0 Å². The molecule has 0 saturated heterocycles. The minimum Gasteiger partial charge on any atom is -0.481 e. The molecule has 0 spiro atoms. The largest absolute Gasteiger partial charge is 0.481 e. The number of hydrogen-bond acceptors (Lipinski definition) is 2. The van der Waals surface area contributed by atoms with Gasteiger partial charge in [0, 0.05) is 18.7 Å². The smallest absolute Gasteiger partial charge is 0.303 e. The van der Waals surface area contributed by atoms with E-state index in [-0.39, 0.29) is 6.42 Å². The third kappa shape index (κ3) is 2.29. The van der Waals surface area contributed by atoms with Gasteiger partial charge in [-0.25, -0.2) is 0 Å². The Hall–Kier alpha value is -1.51. The fourth-order valence-corrected chi connectivity index (χ4v) is 2.05. The van der Waals surface area contributed by atoms with Crippen LogP contribution in [-0.2, 0) is 17.6 Å². The van der Waals surface area contributed by atoms with E-state index in [0.717, 1.165) is 19.4 Å². The van der Waals surface area contributed by atoms with Crippen molar-refractivity contribution < 1.29 is 9.90 Å². The summed E-state index contributed by atoms with van der Waals surface area (Å²) in [7, 11) is 0. The van der Waals surface area contributed by atoms with Crippen LogP contribution in [0, 0.1) is 0 Å². The molecule has 15 heavy (non-hydrogen) atoms. The van der Waals surface area contributed by atoms with Gasteiger partial charge in [0.2, 0.25) is 0 Å². The molecule has 2 N–H and O–H groups in total. The van der Waals surface area contributed by atoms with Gasteiger partial charge in [-0.2, -0.15) is 0 Å². The van der Waals surface area contributed by atoms with Gasteiger partial charge < -0.3 is 10.4 Å². The molecule has 0 aromatic heterocycles. The lowest BCUT2D eigenvalue weighted by molar-refractivity contribution is -0.137. The zero-order chi connectivity index (χ0) is 10.7. The van der Waals surface area contributed by atoms with Crippen molar-refractivity contribution in [3.05, 3.63) is 29.3 Å². The highest BCUT2D eigenvalue weighted by Crippen LogP contribution is 2.27. The lowest BCUT2D eigenvalue weighted by Gasteiger charge is -2.07. The lowest BCUT2D eigenvalue weighted by Crippen LogP contribution is -1.99. The highest BCUT2D eigenvalue weighted by molar-refractivity contribution is 5.67. The van der Waals surface area contributed by atoms with E-state index in [2.05, 4.69) is 23.5 Å². The Kier molecular flexibility index (Phi) is 2.90. The predicted molar refractivity (Wildman–Crippen MR) is 59.2 cm³/mol. The zero-order valence-electron chi connectivity index (χ0n) is 8.62. The summed E-state index contributed by atoms with van der Waals surface area (Å²) in [5, 5.41) is 11.9. The quantitative estimate of drug-likeness (QED) is 0.791. The lowest BCUT2D eigenvalue weighted by atomic mass is 10.0. The molecular weight excluding hydrogens is 190 g/mol. The topological polar surface area (TPSA) is 49.3 Å². The van der Waals surface area contributed by atoms with Crippen LogP contribution < -0.4 is 5.32 Å². The summed E-state index contributed by atoms with van der Waals surface area (Å²) in [4.78, 5) is 10.4. The predicted octanol–water partition coefficient (Wildman–Crippen LogP) is 2.06. The maximum atomic E-state index is 10.4. The van der Waals surface area contributed by atoms with Crippen molar-refractivity contribution in [1.82, 2.24) is 0 Å². The molecule has 1 aromatic carbocycles. The van der Waals surface area contributed by atoms with Gasteiger partial charge >= 0.3 is 5.97 Å². The minimum absolute atomic E-state index is 0.254. The molecule has 1 aliphatic rings. The third-order valence-corrected chi connectivity index (χ3v) is 2.77. The van der Waals surface area contributed by atoms with E-state index in [1.54, 1.807) is 0 Å². The summed E-state index contributed by atoms with van der Waals surface area (Å²) in [5.74, 6) is -0.712. The molecule has 0 amide bonds. The molecule has 2 rings (SSSR count). The normalized spacial score (nSPS) is 13.3. The second-order valence-corrected chi connectivity index (χ2v) is 3.88. The van der Waals surface area contributed by atoms with E-state index in [1.165, 1.54) is 16.8 Å². The Labute approximate surface area is 89.1 Å². The first kappa shape index (κ1) is 10.0. The van der Waals surface area contributed by atoms with Crippen LogP contribution in [0.25, 0.3) is 0 Å². The average molecular weight is 205 g/mol. The van der Waals surface area contributed by atoms with E-state index in [0.29, 0.717) is 6.42 Å². The van der Waals surface area contributed by atoms with Gasteiger partial charge in [0.05, 0.1) is 0 Å². The standard InChI is InChI=1S/C12H15NO2/c14-11(15)6-2-5-9-3-1-4-10-7-8-13-12(9)10/h1,3-4,13H,2,5-8H2,(H,14,15). The van der Waals surface area contributed by atoms with E-state index < -0.39 is 5.97 Å². The summed E-state index contributed by atoms with van der Waals surface area (Å²) in [6.07, 6.45) is 2.90. The first-order chi connectivity index (χ1) is 7.27. The van der Waals surface area contributed by atoms with Crippen molar-refractivity contribution in [3.8, 4) is 0 Å². The number of carboxylic acid groups (broad SMARTS) is 1. The van der Waals surface area contributed by atoms with Gasteiger partial charge in [-0.1, -0.05) is 18.2 Å². The van der Waals surface area contributed by atoms with Crippen LogP contribution in [0.3, 0.4) is 0 Å². The highest BCUT2D eigenvalue weighted by Gasteiger charge is 2.13. The Morgan fingerprint density at radius 3 is 3.13 bits per heavy atom. The molecule has 0 saturated carbocycles. The van der Waals surface area contributed by atoms with E-state index in [9.17, 15) is 4.79 Å². The summed E-state index contributed by atoms with van der Waals surface area (Å²) < 4.78 is 0. The zero-order valence-corrected chi connectivity index (χ0v) is 8.62. The van der Waals surface area contributed by atoms with Gasteiger partial charge in [-0.3, -0.25) is 4.79 Å². The molecule has 1 aromatic rings. The second-order valence-electron chi connectivity index (χ2n) is 3.88. The Bertz CT molecular complexity index is 374. The van der Waals surface area contributed by atoms with Crippen LogP contribution in [0.15, 0.2) is 18.2 Å². The first-order valence-corrected chi connectivity index (χ1v) is 5.34. The number of carbonyl (C=O) groups is 1. The molecule has 0 unspecified atom stereocenters. The molecule has 0 fully saturated rings. The summed E-state index contributed by atoms with van der Waals surface area (Å²) in [6, 6.07) is 6.27. The van der Waals surface area contributed by atoms with Gasteiger partial charge in [-0.15, -0.1) is 0 Å². The van der Waals surface area contributed by atoms with Crippen LogP contribution >= 0.6 is 0 Å². The summed E-state index contributed by atoms with van der Waals surface area (Å²) >= 11 is 0. The van der Waals surface area contributed by atoms with Gasteiger partial charge in [0.15, 0.2) is 0 Å². The fraction of sp³-hybridized carbons (Fsp3) is 0.417. The maximum absolute atomic E-state index is 10.4. The van der Waals surface area contributed by atoms with Crippen molar-refractivity contribution in [3.63, 3.8) is 0 Å². The van der Waals surface area contributed by atoms with E-state index in [1.807, 2.05) is 0 Å². The average Bonchev–Trinajstić information content (AvgIpc) is 2.65. The number of para-hydroxylation sites is 1. The van der Waals surface area contributed by atoms with Crippen LogP contribution in [0.4, 0.5) is 5.69 Å². The second kappa shape index (κ2) is 4.34. The molecule has 0 radical (unpaired) electrons. The van der Waals surface area contributed by atoms with Gasteiger partial charge in [-0.05, 0) is 30.4 Å². The maximum Gasteiger partial charge on any atom is 0.303 e. The number of rotatable bonds is 4. The molecule has 1 aliphatic heterocycles. The number of benzene rings is 1. The van der Waals surface area contributed by atoms with Crippen molar-refractivity contribution >= 4 is 11.7 Å². The van der Waals surface area contributed by atoms with E-state index >= 15 is 0 Å². The highest BCUT2D eigenvalue weighted by atomic mass is 16.4. The summed E-state index contributed by atoms with van der Waals surface area (Å²) in [6.45, 7) is 1.01. The number of carboxylic acids is 1. The van der Waals surface area contributed by atoms with Crippen LogP contribution in [0.2, 0.25) is 0 Å². The van der Waals surface area contributed by atoms with E-state index in [4.69, 9.17) is 5.11 Å². The fourth-order valence-electron chi connectivity index (χ4n) is 2.05. The Balaban J connectivity index is 2.02. The van der Waals surface area contributed by atoms with Crippen molar-refractivity contribution in [1.29, 1.82) is 0 Å². The number of nitrogens with one attached hydrogen (secondary N) is 1. The third-order valence-electron chi connectivity index (χ3n) is 2.77. The monoisotopic (exact) mass is 205 g/mol.